The van der Waals surface area contributed by atoms with Crippen molar-refractivity contribution in [2.45, 2.75) is 38.9 Å². The van der Waals surface area contributed by atoms with Crippen LogP contribution in [-0.2, 0) is 34.0 Å². The molecule has 1 aromatic heterocycles. The molecule has 1 amide bonds. The van der Waals surface area contributed by atoms with E-state index in [1.54, 1.807) is 24.3 Å². The summed E-state index contributed by atoms with van der Waals surface area (Å²) in [6.07, 6.45) is -3.58. The maximum absolute atomic E-state index is 14.5. The van der Waals surface area contributed by atoms with Crippen molar-refractivity contribution in [2.75, 3.05) is 12.8 Å². The van der Waals surface area contributed by atoms with Gasteiger partial charge in [0.25, 0.3) is 0 Å². The molecule has 2 N–H and O–H groups in total. The maximum atomic E-state index is 14.5. The molecular weight excluding hydrogens is 536 g/mol. The standard InChI is InChI=1S/C24H25ClF4N4O3S/c1-14(17-8-7-16(20(26)11-17)9-10-31-37(3,35)36)23(34)30-13-21-15(2)22(24(27,28)29)32-33(21)19-6-4-5-18(25)12-19/h4-8,11-12,14,31H,9-10,13H2,1-3H3,(H,30,34). The van der Waals surface area contributed by atoms with Crippen LogP contribution in [0.2, 0.25) is 5.02 Å². The molecule has 3 aromatic rings. The molecule has 0 aliphatic heterocycles. The number of carbonyl (C=O) groups excluding carboxylic acids is 1. The number of aromatic nitrogens is 2. The molecule has 0 saturated carbocycles. The molecule has 1 heterocycles. The molecule has 0 saturated heterocycles. The summed E-state index contributed by atoms with van der Waals surface area (Å²) in [5, 5.41) is 6.64. The molecule has 1 atom stereocenters. The number of nitrogens with zero attached hydrogens (tertiary/aromatic N) is 2. The Balaban J connectivity index is 1.78. The monoisotopic (exact) mass is 560 g/mol. The fourth-order valence-corrected chi connectivity index (χ4v) is 4.37. The second-order valence-corrected chi connectivity index (χ2v) is 10.8. The summed E-state index contributed by atoms with van der Waals surface area (Å²) in [5.74, 6) is -1.95. The second kappa shape index (κ2) is 11.2. The zero-order chi connectivity index (χ0) is 27.5. The van der Waals surface area contributed by atoms with Crippen LogP contribution in [0, 0.1) is 12.7 Å². The van der Waals surface area contributed by atoms with Crippen LogP contribution in [0.25, 0.3) is 5.69 Å². The zero-order valence-electron chi connectivity index (χ0n) is 20.2. The Hall–Kier alpha value is -2.96. The molecule has 37 heavy (non-hydrogen) atoms. The van der Waals surface area contributed by atoms with Gasteiger partial charge >= 0.3 is 6.18 Å². The van der Waals surface area contributed by atoms with E-state index in [0.29, 0.717) is 16.3 Å². The minimum atomic E-state index is -4.70. The predicted molar refractivity (Wildman–Crippen MR) is 132 cm³/mol. The van der Waals surface area contributed by atoms with E-state index >= 15 is 0 Å². The van der Waals surface area contributed by atoms with E-state index in [0.717, 1.165) is 10.9 Å². The zero-order valence-corrected chi connectivity index (χ0v) is 21.7. The normalized spacial score (nSPS) is 13.0. The molecule has 2 aromatic carbocycles. The highest BCUT2D eigenvalue weighted by molar-refractivity contribution is 7.88. The van der Waals surface area contributed by atoms with Crippen molar-refractivity contribution in [3.05, 3.63) is 81.4 Å². The Labute approximate surface area is 216 Å². The number of rotatable bonds is 9. The Bertz CT molecular complexity index is 1410. The molecule has 7 nitrogen and oxygen atoms in total. The Morgan fingerprint density at radius 2 is 1.89 bits per heavy atom. The van der Waals surface area contributed by atoms with Gasteiger partial charge in [-0.05, 0) is 55.7 Å². The third-order valence-electron chi connectivity index (χ3n) is 5.72. The van der Waals surface area contributed by atoms with E-state index in [1.807, 2.05) is 0 Å². The van der Waals surface area contributed by atoms with Gasteiger partial charge in [0.05, 0.1) is 30.1 Å². The van der Waals surface area contributed by atoms with E-state index < -0.39 is 39.5 Å². The lowest BCUT2D eigenvalue weighted by Crippen LogP contribution is -2.29. The molecule has 0 aliphatic rings. The van der Waals surface area contributed by atoms with Gasteiger partial charge in [-0.3, -0.25) is 4.79 Å². The van der Waals surface area contributed by atoms with E-state index in [1.165, 1.54) is 32.0 Å². The van der Waals surface area contributed by atoms with E-state index in [2.05, 4.69) is 15.1 Å². The highest BCUT2D eigenvalue weighted by Gasteiger charge is 2.38. The van der Waals surface area contributed by atoms with Crippen LogP contribution >= 0.6 is 11.6 Å². The quantitative estimate of drug-likeness (QED) is 0.377. The maximum Gasteiger partial charge on any atom is 0.435 e. The molecule has 0 radical (unpaired) electrons. The number of benzene rings is 2. The first kappa shape index (κ1) is 28.6. The first-order chi connectivity index (χ1) is 17.2. The summed E-state index contributed by atoms with van der Waals surface area (Å²) in [6.45, 7) is 2.57. The highest BCUT2D eigenvalue weighted by Crippen LogP contribution is 2.33. The number of nitrogens with one attached hydrogen (secondary N) is 2. The van der Waals surface area contributed by atoms with Crippen molar-refractivity contribution >= 4 is 27.5 Å². The number of alkyl halides is 3. The second-order valence-electron chi connectivity index (χ2n) is 8.52. The van der Waals surface area contributed by atoms with Crippen molar-refractivity contribution < 1.29 is 30.8 Å². The first-order valence-electron chi connectivity index (χ1n) is 11.1. The Morgan fingerprint density at radius 1 is 1.19 bits per heavy atom. The average Bonchev–Trinajstić information content (AvgIpc) is 3.13. The van der Waals surface area contributed by atoms with Gasteiger partial charge in [0.2, 0.25) is 15.9 Å². The van der Waals surface area contributed by atoms with Gasteiger partial charge in [-0.1, -0.05) is 29.8 Å². The lowest BCUT2D eigenvalue weighted by Gasteiger charge is -2.15. The summed E-state index contributed by atoms with van der Waals surface area (Å²) in [6, 6.07) is 10.3. The Morgan fingerprint density at radius 3 is 2.49 bits per heavy atom. The lowest BCUT2D eigenvalue weighted by molar-refractivity contribution is -0.141. The Kier molecular flexibility index (Phi) is 8.66. The van der Waals surface area contributed by atoms with E-state index in [4.69, 9.17) is 11.6 Å². The summed E-state index contributed by atoms with van der Waals surface area (Å²) in [7, 11) is -3.40. The number of halogens is 5. The van der Waals surface area contributed by atoms with Gasteiger partial charge in [0, 0.05) is 17.1 Å². The fourth-order valence-electron chi connectivity index (χ4n) is 3.71. The van der Waals surface area contributed by atoms with Crippen LogP contribution in [0.1, 0.15) is 40.9 Å². The minimum absolute atomic E-state index is 0.0186. The first-order valence-corrected chi connectivity index (χ1v) is 13.4. The number of carbonyl (C=O) groups is 1. The molecule has 3 rings (SSSR count). The van der Waals surface area contributed by atoms with E-state index in [9.17, 15) is 30.8 Å². The largest absolute Gasteiger partial charge is 0.435 e. The van der Waals surface area contributed by atoms with Crippen molar-refractivity contribution in [3.8, 4) is 5.69 Å². The van der Waals surface area contributed by atoms with Gasteiger partial charge in [-0.2, -0.15) is 18.3 Å². The number of sulfonamides is 1. The average molecular weight is 561 g/mol. The summed E-state index contributed by atoms with van der Waals surface area (Å²) in [5.41, 5.74) is -0.174. The minimum Gasteiger partial charge on any atom is -0.350 e. The van der Waals surface area contributed by atoms with Crippen LogP contribution < -0.4 is 10.0 Å². The van der Waals surface area contributed by atoms with Crippen molar-refractivity contribution in [1.29, 1.82) is 0 Å². The van der Waals surface area contributed by atoms with Crippen molar-refractivity contribution in [3.63, 3.8) is 0 Å². The molecule has 13 heteroatoms. The highest BCUT2D eigenvalue weighted by atomic mass is 35.5. The van der Waals surface area contributed by atoms with Crippen LogP contribution in [0.4, 0.5) is 17.6 Å². The van der Waals surface area contributed by atoms with E-state index in [-0.39, 0.29) is 36.3 Å². The fraction of sp³-hybridized carbons (Fsp3) is 0.333. The van der Waals surface area contributed by atoms with Crippen LogP contribution in [0.15, 0.2) is 42.5 Å². The molecule has 0 fully saturated rings. The van der Waals surface area contributed by atoms with Crippen LogP contribution in [0.3, 0.4) is 0 Å². The summed E-state index contributed by atoms with van der Waals surface area (Å²) >= 11 is 6.00. The van der Waals surface area contributed by atoms with Gasteiger partial charge in [0.15, 0.2) is 5.69 Å². The lowest BCUT2D eigenvalue weighted by atomic mass is 9.97. The van der Waals surface area contributed by atoms with Gasteiger partial charge in [0.1, 0.15) is 5.82 Å². The van der Waals surface area contributed by atoms with Crippen molar-refractivity contribution in [2.24, 2.45) is 0 Å². The molecular formula is C24H25ClF4N4O3S. The number of hydrogen-bond acceptors (Lipinski definition) is 4. The number of amides is 1. The van der Waals surface area contributed by atoms with Crippen LogP contribution in [-0.4, -0.2) is 36.9 Å². The van der Waals surface area contributed by atoms with Crippen LogP contribution in [0.5, 0.6) is 0 Å². The molecule has 1 unspecified atom stereocenters. The van der Waals surface area contributed by atoms with Gasteiger partial charge < -0.3 is 5.32 Å². The predicted octanol–water partition coefficient (Wildman–Crippen LogP) is 4.50. The third-order valence-corrected chi connectivity index (χ3v) is 6.69. The SMILES string of the molecule is Cc1c(C(F)(F)F)nn(-c2cccc(Cl)c2)c1CNC(=O)C(C)c1ccc(CCNS(C)(=O)=O)c(F)c1. The summed E-state index contributed by atoms with van der Waals surface area (Å²) in [4.78, 5) is 12.8. The molecule has 200 valence electrons. The smallest absolute Gasteiger partial charge is 0.350 e. The van der Waals surface area contributed by atoms with Crippen molar-refractivity contribution in [1.82, 2.24) is 19.8 Å². The molecule has 0 bridgehead atoms. The van der Waals surface area contributed by atoms with Gasteiger partial charge in [-0.15, -0.1) is 0 Å². The summed E-state index contributed by atoms with van der Waals surface area (Å²) < 4.78 is 80.8. The molecule has 0 aliphatic carbocycles. The third kappa shape index (κ3) is 7.30. The molecule has 0 spiro atoms. The number of hydrogen-bond donors (Lipinski definition) is 2. The topological polar surface area (TPSA) is 93.1 Å². The van der Waals surface area contributed by atoms with Gasteiger partial charge in [-0.25, -0.2) is 22.2 Å².